The van der Waals surface area contributed by atoms with Crippen LogP contribution in [0.1, 0.15) is 54.7 Å². The molecule has 0 aromatic heterocycles. The molecule has 0 heterocycles. The topological polar surface area (TPSA) is 32.6 Å². The molecular formula is C20H23NO. The molecule has 0 aliphatic heterocycles. The molecule has 22 heavy (non-hydrogen) atoms. The second-order valence-electron chi connectivity index (χ2n) is 6.20. The third kappa shape index (κ3) is 3.38. The van der Waals surface area contributed by atoms with Crippen LogP contribution >= 0.6 is 0 Å². The number of hydrogen-bond acceptors (Lipinski definition) is 2. The first-order valence-electron chi connectivity index (χ1n) is 8.16. The van der Waals surface area contributed by atoms with E-state index in [1.54, 1.807) is 6.21 Å². The van der Waals surface area contributed by atoms with Gasteiger partial charge in [0.1, 0.15) is 5.75 Å². The van der Waals surface area contributed by atoms with Gasteiger partial charge in [-0.25, -0.2) is 0 Å². The smallest absolute Gasteiger partial charge is 0.127 e. The Bertz CT molecular complexity index is 655. The van der Waals surface area contributed by atoms with Gasteiger partial charge in [-0.15, -0.1) is 0 Å². The highest BCUT2D eigenvalue weighted by Crippen LogP contribution is 2.35. The minimum absolute atomic E-state index is 0.347. The summed E-state index contributed by atoms with van der Waals surface area (Å²) in [4.78, 5) is 4.48. The van der Waals surface area contributed by atoms with E-state index in [1.807, 2.05) is 37.3 Å². The third-order valence-electron chi connectivity index (χ3n) is 4.54. The average Bonchev–Trinajstić information content (AvgIpc) is 2.58. The highest BCUT2D eigenvalue weighted by Gasteiger charge is 2.17. The zero-order valence-electron chi connectivity index (χ0n) is 13.1. The van der Waals surface area contributed by atoms with E-state index >= 15 is 0 Å². The lowest BCUT2D eigenvalue weighted by Gasteiger charge is -2.23. The second kappa shape index (κ2) is 6.78. The van der Waals surface area contributed by atoms with Gasteiger partial charge in [-0.1, -0.05) is 43.5 Å². The molecule has 1 N–H and O–H groups in total. The fraction of sp³-hybridized carbons (Fsp3) is 0.350. The van der Waals surface area contributed by atoms with Crippen LogP contribution in [0.25, 0.3) is 0 Å². The average molecular weight is 293 g/mol. The molecule has 2 nitrogen and oxygen atoms in total. The molecule has 1 fully saturated rings. The predicted molar refractivity (Wildman–Crippen MR) is 92.4 cm³/mol. The minimum Gasteiger partial charge on any atom is -0.507 e. The van der Waals surface area contributed by atoms with Crippen LogP contribution < -0.4 is 0 Å². The maximum absolute atomic E-state index is 10.3. The molecule has 2 aromatic rings. The monoisotopic (exact) mass is 293 g/mol. The van der Waals surface area contributed by atoms with Gasteiger partial charge in [-0.2, -0.15) is 0 Å². The van der Waals surface area contributed by atoms with Crippen molar-refractivity contribution in [3.8, 4) is 5.75 Å². The lowest BCUT2D eigenvalue weighted by molar-refractivity contribution is 0.441. The van der Waals surface area contributed by atoms with Crippen molar-refractivity contribution in [1.29, 1.82) is 0 Å². The molecule has 0 spiro atoms. The lowest BCUT2D eigenvalue weighted by Crippen LogP contribution is -2.05. The van der Waals surface area contributed by atoms with Crippen molar-refractivity contribution in [2.45, 2.75) is 44.9 Å². The van der Waals surface area contributed by atoms with Gasteiger partial charge < -0.3 is 5.11 Å². The molecule has 2 aromatic carbocycles. The van der Waals surface area contributed by atoms with Crippen molar-refractivity contribution in [3.63, 3.8) is 0 Å². The van der Waals surface area contributed by atoms with Crippen LogP contribution in [-0.2, 0) is 0 Å². The van der Waals surface area contributed by atoms with Gasteiger partial charge in [0.25, 0.3) is 0 Å². The Hall–Kier alpha value is -2.09. The van der Waals surface area contributed by atoms with Gasteiger partial charge in [0.2, 0.25) is 0 Å². The van der Waals surface area contributed by atoms with Gasteiger partial charge in [0.15, 0.2) is 0 Å². The largest absolute Gasteiger partial charge is 0.507 e. The number of aliphatic imine (C=N–C) groups is 1. The number of aromatic hydroxyl groups is 1. The van der Waals surface area contributed by atoms with E-state index in [-0.39, 0.29) is 0 Å². The molecule has 1 aliphatic carbocycles. The summed E-state index contributed by atoms with van der Waals surface area (Å²) in [6.07, 6.45) is 8.30. The Morgan fingerprint density at radius 1 is 1.05 bits per heavy atom. The molecule has 0 unspecified atom stereocenters. The predicted octanol–water partition coefficient (Wildman–Crippen LogP) is 5.50. The number of para-hydroxylation sites is 1. The maximum atomic E-state index is 10.3. The third-order valence-corrected chi connectivity index (χ3v) is 4.54. The minimum atomic E-state index is 0.347. The van der Waals surface area contributed by atoms with Crippen molar-refractivity contribution in [2.75, 3.05) is 0 Å². The number of benzene rings is 2. The van der Waals surface area contributed by atoms with Crippen LogP contribution in [0.15, 0.2) is 47.5 Å². The Morgan fingerprint density at radius 3 is 2.50 bits per heavy atom. The van der Waals surface area contributed by atoms with Crippen molar-refractivity contribution in [2.24, 2.45) is 4.99 Å². The van der Waals surface area contributed by atoms with E-state index in [9.17, 15) is 5.11 Å². The molecule has 0 bridgehead atoms. The van der Waals surface area contributed by atoms with Crippen LogP contribution in [0.2, 0.25) is 0 Å². The molecule has 0 radical (unpaired) electrons. The SMILES string of the molecule is Cc1cc(C2CCCCC2)cc(C=Nc2ccccc2)c1O. The van der Waals surface area contributed by atoms with Crippen molar-refractivity contribution >= 4 is 11.9 Å². The summed E-state index contributed by atoms with van der Waals surface area (Å²) in [5, 5.41) is 10.3. The van der Waals surface area contributed by atoms with Crippen molar-refractivity contribution in [1.82, 2.24) is 0 Å². The maximum Gasteiger partial charge on any atom is 0.127 e. The quantitative estimate of drug-likeness (QED) is 0.745. The number of rotatable bonds is 3. The Kier molecular flexibility index (Phi) is 4.57. The van der Waals surface area contributed by atoms with Gasteiger partial charge in [-0.05, 0) is 55.0 Å². The molecule has 0 amide bonds. The fourth-order valence-corrected chi connectivity index (χ4v) is 3.26. The van der Waals surface area contributed by atoms with Crippen LogP contribution in [0, 0.1) is 6.92 Å². The summed E-state index contributed by atoms with van der Waals surface area (Å²) >= 11 is 0. The molecule has 1 aliphatic rings. The standard InChI is InChI=1S/C20H23NO/c1-15-12-17(16-8-4-2-5-9-16)13-18(20(15)22)14-21-19-10-6-3-7-11-19/h3,6-7,10-14,16,22H,2,4-5,8-9H2,1H3. The molecule has 1 saturated carbocycles. The highest BCUT2D eigenvalue weighted by atomic mass is 16.3. The number of hydrogen-bond donors (Lipinski definition) is 1. The molecule has 2 heteroatoms. The Labute approximate surface area is 132 Å². The normalized spacial score (nSPS) is 16.2. The fourth-order valence-electron chi connectivity index (χ4n) is 3.26. The van der Waals surface area contributed by atoms with Crippen LogP contribution in [-0.4, -0.2) is 11.3 Å². The van der Waals surface area contributed by atoms with Crippen LogP contribution in [0.5, 0.6) is 5.75 Å². The van der Waals surface area contributed by atoms with Crippen molar-refractivity contribution in [3.05, 3.63) is 59.2 Å². The van der Waals surface area contributed by atoms with Crippen LogP contribution in [0.4, 0.5) is 5.69 Å². The van der Waals surface area contributed by atoms with E-state index in [2.05, 4.69) is 17.1 Å². The zero-order chi connectivity index (χ0) is 15.4. The number of nitrogens with zero attached hydrogens (tertiary/aromatic N) is 1. The molecule has 0 atom stereocenters. The van der Waals surface area contributed by atoms with Gasteiger partial charge in [0, 0.05) is 11.8 Å². The molecule has 114 valence electrons. The molecule has 0 saturated heterocycles. The summed E-state index contributed by atoms with van der Waals surface area (Å²) in [6.45, 7) is 1.97. The summed E-state index contributed by atoms with van der Waals surface area (Å²) in [5.74, 6) is 0.983. The number of phenols is 1. The zero-order valence-corrected chi connectivity index (χ0v) is 13.1. The van der Waals surface area contributed by atoms with E-state index in [1.165, 1.54) is 37.7 Å². The summed E-state index contributed by atoms with van der Waals surface area (Å²) in [5.41, 5.74) is 4.02. The number of phenolic OH excluding ortho intramolecular Hbond substituents is 1. The first kappa shape index (κ1) is 14.8. The summed E-state index contributed by atoms with van der Waals surface area (Å²) in [6, 6.07) is 14.1. The van der Waals surface area contributed by atoms with Gasteiger partial charge in [0.05, 0.1) is 5.69 Å². The number of aryl methyl sites for hydroxylation is 1. The molecule has 3 rings (SSSR count). The van der Waals surface area contributed by atoms with E-state index < -0.39 is 0 Å². The lowest BCUT2D eigenvalue weighted by atomic mass is 9.83. The summed E-state index contributed by atoms with van der Waals surface area (Å²) in [7, 11) is 0. The van der Waals surface area contributed by atoms with E-state index in [0.717, 1.165) is 16.8 Å². The van der Waals surface area contributed by atoms with E-state index in [0.29, 0.717) is 11.7 Å². The first-order chi connectivity index (χ1) is 10.7. The summed E-state index contributed by atoms with van der Waals surface area (Å²) < 4.78 is 0. The Balaban J connectivity index is 1.89. The first-order valence-corrected chi connectivity index (χ1v) is 8.16. The van der Waals surface area contributed by atoms with E-state index in [4.69, 9.17) is 0 Å². The van der Waals surface area contributed by atoms with Gasteiger partial charge in [-0.3, -0.25) is 4.99 Å². The van der Waals surface area contributed by atoms with Gasteiger partial charge >= 0.3 is 0 Å². The second-order valence-corrected chi connectivity index (χ2v) is 6.20. The highest BCUT2D eigenvalue weighted by molar-refractivity contribution is 5.86. The Morgan fingerprint density at radius 2 is 1.77 bits per heavy atom. The van der Waals surface area contributed by atoms with Crippen LogP contribution in [0.3, 0.4) is 0 Å². The molecular weight excluding hydrogens is 270 g/mol. The van der Waals surface area contributed by atoms with Crippen molar-refractivity contribution < 1.29 is 5.11 Å².